The highest BCUT2D eigenvalue weighted by molar-refractivity contribution is 7.15. The molecule has 1 atom stereocenters. The molecule has 0 saturated carbocycles. The van der Waals surface area contributed by atoms with Crippen molar-refractivity contribution >= 4 is 22.4 Å². The van der Waals surface area contributed by atoms with Gasteiger partial charge in [0.2, 0.25) is 0 Å². The number of aryl methyl sites for hydroxylation is 3. The summed E-state index contributed by atoms with van der Waals surface area (Å²) in [7, 11) is 0. The number of carbonyl (C=O) groups is 1. The monoisotopic (exact) mass is 304 g/mol. The summed E-state index contributed by atoms with van der Waals surface area (Å²) in [5, 5.41) is 3.45. The number of anilines is 1. The molecule has 1 heterocycles. The van der Waals surface area contributed by atoms with E-state index in [2.05, 4.69) is 17.2 Å². The van der Waals surface area contributed by atoms with Crippen LogP contribution in [-0.2, 0) is 11.2 Å². The van der Waals surface area contributed by atoms with E-state index in [-0.39, 0.29) is 5.91 Å². The lowest BCUT2D eigenvalue weighted by molar-refractivity contribution is -0.122. The van der Waals surface area contributed by atoms with E-state index in [1.807, 2.05) is 38.1 Å². The summed E-state index contributed by atoms with van der Waals surface area (Å²) < 4.78 is 5.63. The molecule has 1 aromatic heterocycles. The zero-order chi connectivity index (χ0) is 15.4. The van der Waals surface area contributed by atoms with Gasteiger partial charge >= 0.3 is 0 Å². The van der Waals surface area contributed by atoms with Crippen LogP contribution in [0, 0.1) is 13.8 Å². The lowest BCUT2D eigenvalue weighted by Gasteiger charge is -2.13. The Morgan fingerprint density at radius 3 is 2.57 bits per heavy atom. The summed E-state index contributed by atoms with van der Waals surface area (Å²) >= 11 is 1.49. The third-order valence-electron chi connectivity index (χ3n) is 3.16. The summed E-state index contributed by atoms with van der Waals surface area (Å²) in [6.45, 7) is 7.81. The van der Waals surface area contributed by atoms with E-state index in [4.69, 9.17) is 4.74 Å². The zero-order valence-electron chi connectivity index (χ0n) is 12.8. The van der Waals surface area contributed by atoms with Crippen molar-refractivity contribution in [3.63, 3.8) is 0 Å². The number of ether oxygens (including phenoxy) is 1. The Balaban J connectivity index is 1.97. The average molecular weight is 304 g/mol. The molecule has 0 radical (unpaired) electrons. The van der Waals surface area contributed by atoms with Crippen molar-refractivity contribution in [3.05, 3.63) is 40.4 Å². The maximum Gasteiger partial charge on any atom is 0.266 e. The van der Waals surface area contributed by atoms with E-state index in [1.54, 1.807) is 6.92 Å². The number of nitrogens with zero attached hydrogens (tertiary/aromatic N) is 1. The van der Waals surface area contributed by atoms with E-state index in [9.17, 15) is 4.79 Å². The lowest BCUT2D eigenvalue weighted by Crippen LogP contribution is -2.30. The first-order valence-electron chi connectivity index (χ1n) is 7.00. The summed E-state index contributed by atoms with van der Waals surface area (Å²) in [5.74, 6) is 0.500. The van der Waals surface area contributed by atoms with Crippen molar-refractivity contribution in [2.24, 2.45) is 0 Å². The van der Waals surface area contributed by atoms with Crippen molar-refractivity contribution in [3.8, 4) is 5.75 Å². The molecule has 2 aromatic rings. The minimum Gasteiger partial charge on any atom is -0.481 e. The van der Waals surface area contributed by atoms with E-state index >= 15 is 0 Å². The van der Waals surface area contributed by atoms with Gasteiger partial charge < -0.3 is 4.74 Å². The summed E-state index contributed by atoms with van der Waals surface area (Å²) in [5.41, 5.74) is 2.19. The normalized spacial score (nSPS) is 12.0. The van der Waals surface area contributed by atoms with E-state index in [0.717, 1.165) is 22.6 Å². The first-order chi connectivity index (χ1) is 9.99. The van der Waals surface area contributed by atoms with Gasteiger partial charge in [-0.1, -0.05) is 24.6 Å². The smallest absolute Gasteiger partial charge is 0.266 e. The second-order valence-electron chi connectivity index (χ2n) is 4.94. The molecule has 0 aliphatic carbocycles. The van der Waals surface area contributed by atoms with Gasteiger partial charge in [-0.3, -0.25) is 10.1 Å². The van der Waals surface area contributed by atoms with E-state index < -0.39 is 6.10 Å². The van der Waals surface area contributed by atoms with Gasteiger partial charge in [-0.05, 0) is 39.3 Å². The standard InChI is InChI=1S/C16H20N2O2S/c1-5-14-12(4)21-16(17-14)18-15(19)11(3)20-13-8-6-10(2)7-9-13/h6-9,11H,5H2,1-4H3,(H,17,18,19)/t11-/m1/s1. The van der Waals surface area contributed by atoms with Gasteiger partial charge in [-0.25, -0.2) is 4.98 Å². The molecular weight excluding hydrogens is 284 g/mol. The number of rotatable bonds is 5. The Labute approximate surface area is 129 Å². The number of hydrogen-bond acceptors (Lipinski definition) is 4. The maximum absolute atomic E-state index is 12.1. The highest BCUT2D eigenvalue weighted by Gasteiger charge is 2.17. The molecule has 0 bridgehead atoms. The molecule has 1 aromatic carbocycles. The fraction of sp³-hybridized carbons (Fsp3) is 0.375. The fourth-order valence-electron chi connectivity index (χ4n) is 1.89. The molecule has 1 N–H and O–H groups in total. The van der Waals surface area contributed by atoms with Gasteiger partial charge in [-0.15, -0.1) is 11.3 Å². The van der Waals surface area contributed by atoms with Gasteiger partial charge in [0.1, 0.15) is 5.75 Å². The van der Waals surface area contributed by atoms with Crippen LogP contribution in [0.1, 0.15) is 30.0 Å². The van der Waals surface area contributed by atoms with Crippen LogP contribution in [0.3, 0.4) is 0 Å². The number of nitrogens with one attached hydrogen (secondary N) is 1. The van der Waals surface area contributed by atoms with Crippen molar-refractivity contribution in [2.45, 2.75) is 40.2 Å². The largest absolute Gasteiger partial charge is 0.481 e. The highest BCUT2D eigenvalue weighted by Crippen LogP contribution is 2.22. The fourth-order valence-corrected chi connectivity index (χ4v) is 2.80. The number of hydrogen-bond donors (Lipinski definition) is 1. The predicted molar refractivity (Wildman–Crippen MR) is 86.1 cm³/mol. The minimum absolute atomic E-state index is 0.188. The third-order valence-corrected chi connectivity index (χ3v) is 4.09. The first-order valence-corrected chi connectivity index (χ1v) is 7.81. The number of benzene rings is 1. The number of amides is 1. The molecule has 0 aliphatic rings. The lowest BCUT2D eigenvalue weighted by atomic mass is 10.2. The molecule has 4 nitrogen and oxygen atoms in total. The van der Waals surface area contributed by atoms with E-state index in [0.29, 0.717) is 10.9 Å². The van der Waals surface area contributed by atoms with Gasteiger partial charge in [0.15, 0.2) is 11.2 Å². The summed E-state index contributed by atoms with van der Waals surface area (Å²) in [6.07, 6.45) is 0.301. The van der Waals surface area contributed by atoms with Gasteiger partial charge in [0.05, 0.1) is 5.69 Å². The Morgan fingerprint density at radius 2 is 2.00 bits per heavy atom. The Kier molecular flexibility index (Phi) is 4.96. The molecule has 112 valence electrons. The highest BCUT2D eigenvalue weighted by atomic mass is 32.1. The summed E-state index contributed by atoms with van der Waals surface area (Å²) in [6, 6.07) is 7.64. The van der Waals surface area contributed by atoms with Crippen LogP contribution in [-0.4, -0.2) is 17.0 Å². The number of carbonyl (C=O) groups excluding carboxylic acids is 1. The Morgan fingerprint density at radius 1 is 1.33 bits per heavy atom. The predicted octanol–water partition coefficient (Wildman–Crippen LogP) is 3.73. The molecule has 2 rings (SSSR count). The number of aromatic nitrogens is 1. The van der Waals surface area contributed by atoms with Crippen LogP contribution >= 0.6 is 11.3 Å². The number of thiazole rings is 1. The molecule has 0 unspecified atom stereocenters. The maximum atomic E-state index is 12.1. The van der Waals surface area contributed by atoms with E-state index in [1.165, 1.54) is 11.3 Å². The van der Waals surface area contributed by atoms with Gasteiger partial charge in [0.25, 0.3) is 5.91 Å². The molecule has 5 heteroatoms. The van der Waals surface area contributed by atoms with Crippen LogP contribution in [0.15, 0.2) is 24.3 Å². The van der Waals surface area contributed by atoms with Crippen LogP contribution < -0.4 is 10.1 Å². The zero-order valence-corrected chi connectivity index (χ0v) is 13.6. The first kappa shape index (κ1) is 15.5. The van der Waals surface area contributed by atoms with Gasteiger partial charge in [0, 0.05) is 4.88 Å². The SMILES string of the molecule is CCc1nc(NC(=O)[C@@H](C)Oc2ccc(C)cc2)sc1C. The molecule has 21 heavy (non-hydrogen) atoms. The van der Waals surface area contributed by atoms with Crippen molar-refractivity contribution in [1.82, 2.24) is 4.98 Å². The van der Waals surface area contributed by atoms with Crippen molar-refractivity contribution in [2.75, 3.05) is 5.32 Å². The Hall–Kier alpha value is -1.88. The topological polar surface area (TPSA) is 51.2 Å². The molecule has 0 spiro atoms. The van der Waals surface area contributed by atoms with Crippen LogP contribution in [0.4, 0.5) is 5.13 Å². The minimum atomic E-state index is -0.568. The second kappa shape index (κ2) is 6.72. The van der Waals surface area contributed by atoms with Gasteiger partial charge in [-0.2, -0.15) is 0 Å². The molecule has 0 aliphatic heterocycles. The molecule has 1 amide bonds. The molecular formula is C16H20N2O2S. The average Bonchev–Trinajstić information content (AvgIpc) is 2.81. The van der Waals surface area contributed by atoms with Crippen molar-refractivity contribution in [1.29, 1.82) is 0 Å². The third kappa shape index (κ3) is 4.04. The summed E-state index contributed by atoms with van der Waals surface area (Å²) in [4.78, 5) is 17.7. The van der Waals surface area contributed by atoms with Crippen molar-refractivity contribution < 1.29 is 9.53 Å². The quantitative estimate of drug-likeness (QED) is 0.915. The second-order valence-corrected chi connectivity index (χ2v) is 6.14. The Bertz CT molecular complexity index is 620. The van der Waals surface area contributed by atoms with Crippen LogP contribution in [0.5, 0.6) is 5.75 Å². The molecule has 0 saturated heterocycles. The van der Waals surface area contributed by atoms with Crippen LogP contribution in [0.2, 0.25) is 0 Å². The molecule has 0 fully saturated rings. The van der Waals surface area contributed by atoms with Crippen LogP contribution in [0.25, 0.3) is 0 Å².